The maximum absolute atomic E-state index is 12.1. The minimum atomic E-state index is -1.40. The third kappa shape index (κ3) is 2.83. The predicted molar refractivity (Wildman–Crippen MR) is 81.8 cm³/mol. The van der Waals surface area contributed by atoms with Gasteiger partial charge in [-0.15, -0.1) is 0 Å². The van der Waals surface area contributed by atoms with Crippen LogP contribution in [0, 0.1) is 0 Å². The molecular weight excluding hydrogens is 268 g/mol. The third-order valence-corrected chi connectivity index (χ3v) is 3.61. The van der Waals surface area contributed by atoms with Crippen molar-refractivity contribution in [1.29, 1.82) is 0 Å². The lowest BCUT2D eigenvalue weighted by atomic mass is 10.1. The number of aliphatic carboxylic acids is 1. The third-order valence-electron chi connectivity index (χ3n) is 3.61. The van der Waals surface area contributed by atoms with Gasteiger partial charge in [-0.05, 0) is 26.6 Å². The van der Waals surface area contributed by atoms with E-state index in [0.29, 0.717) is 12.0 Å². The second-order valence-corrected chi connectivity index (χ2v) is 5.28. The second-order valence-electron chi connectivity index (χ2n) is 5.28. The van der Waals surface area contributed by atoms with Gasteiger partial charge in [-0.25, -0.2) is 4.79 Å². The molecule has 21 heavy (non-hydrogen) atoms. The highest BCUT2D eigenvalue weighted by molar-refractivity contribution is 6.42. The minimum Gasteiger partial charge on any atom is -0.475 e. The highest BCUT2D eigenvalue weighted by Crippen LogP contribution is 2.27. The van der Waals surface area contributed by atoms with Gasteiger partial charge in [0.1, 0.15) is 0 Å². The number of carboxylic acids is 1. The van der Waals surface area contributed by atoms with Crippen LogP contribution < -0.4 is 0 Å². The van der Waals surface area contributed by atoms with Gasteiger partial charge in [0, 0.05) is 29.7 Å². The van der Waals surface area contributed by atoms with Gasteiger partial charge < -0.3 is 14.6 Å². The van der Waals surface area contributed by atoms with Crippen molar-refractivity contribution < 1.29 is 14.7 Å². The fourth-order valence-corrected chi connectivity index (χ4v) is 2.64. The number of fused-ring (bicyclic) bond motifs is 1. The first-order valence-electron chi connectivity index (χ1n) is 6.99. The molecule has 2 rings (SSSR count). The number of rotatable bonds is 6. The number of para-hydroxylation sites is 1. The van der Waals surface area contributed by atoms with E-state index in [0.717, 1.165) is 29.7 Å². The molecule has 0 saturated heterocycles. The van der Waals surface area contributed by atoms with Crippen LogP contribution in [0.2, 0.25) is 0 Å². The summed E-state index contributed by atoms with van der Waals surface area (Å²) < 4.78 is 2.06. The van der Waals surface area contributed by atoms with E-state index >= 15 is 0 Å². The zero-order valence-corrected chi connectivity index (χ0v) is 12.6. The monoisotopic (exact) mass is 288 g/mol. The Morgan fingerprint density at radius 2 is 1.90 bits per heavy atom. The van der Waals surface area contributed by atoms with E-state index < -0.39 is 11.8 Å². The van der Waals surface area contributed by atoms with Crippen LogP contribution in [-0.2, 0) is 17.8 Å². The molecule has 0 aliphatic rings. The van der Waals surface area contributed by atoms with Crippen LogP contribution in [0.4, 0.5) is 0 Å². The Bertz CT molecular complexity index is 686. The van der Waals surface area contributed by atoms with Gasteiger partial charge in [0.15, 0.2) is 0 Å². The Labute approximate surface area is 123 Å². The van der Waals surface area contributed by atoms with E-state index in [1.807, 2.05) is 45.3 Å². The predicted octanol–water partition coefficient (Wildman–Crippen LogP) is 2.03. The first kappa shape index (κ1) is 15.3. The zero-order chi connectivity index (χ0) is 15.6. The highest BCUT2D eigenvalue weighted by atomic mass is 16.4. The summed E-state index contributed by atoms with van der Waals surface area (Å²) >= 11 is 0. The zero-order valence-electron chi connectivity index (χ0n) is 12.6. The van der Waals surface area contributed by atoms with Crippen molar-refractivity contribution in [3.63, 3.8) is 0 Å². The summed E-state index contributed by atoms with van der Waals surface area (Å²) in [6, 6.07) is 7.49. The van der Waals surface area contributed by atoms with E-state index in [4.69, 9.17) is 5.11 Å². The summed E-state index contributed by atoms with van der Waals surface area (Å²) in [6.07, 6.45) is 0.621. The molecule has 5 heteroatoms. The van der Waals surface area contributed by atoms with Crippen LogP contribution in [0.25, 0.3) is 10.9 Å². The topological polar surface area (TPSA) is 62.5 Å². The molecule has 0 saturated carbocycles. The molecule has 5 nitrogen and oxygen atoms in total. The number of aromatic nitrogens is 1. The fraction of sp³-hybridized carbons (Fsp3) is 0.375. The van der Waals surface area contributed by atoms with Gasteiger partial charge in [0.2, 0.25) is 0 Å². The maximum atomic E-state index is 12.1. The molecule has 1 aromatic heterocycles. The molecule has 1 heterocycles. The molecule has 1 N–H and O–H groups in total. The smallest absolute Gasteiger partial charge is 0.377 e. The van der Waals surface area contributed by atoms with Gasteiger partial charge in [-0.3, -0.25) is 4.79 Å². The molecule has 0 spiro atoms. The molecule has 0 radical (unpaired) electrons. The van der Waals surface area contributed by atoms with E-state index in [9.17, 15) is 9.59 Å². The average molecular weight is 288 g/mol. The number of carboxylic acid groups (broad SMARTS) is 1. The number of hydrogen-bond donors (Lipinski definition) is 1. The van der Waals surface area contributed by atoms with Crippen molar-refractivity contribution in [3.8, 4) is 0 Å². The Morgan fingerprint density at radius 1 is 1.24 bits per heavy atom. The Morgan fingerprint density at radius 3 is 2.48 bits per heavy atom. The first-order valence-corrected chi connectivity index (χ1v) is 6.99. The largest absolute Gasteiger partial charge is 0.475 e. The number of carbonyl (C=O) groups is 2. The number of benzene rings is 1. The standard InChI is InChI=1S/C16H20N2O3/c1-4-12-14(15(19)16(20)21)11-7-5-6-8-13(11)18(12)10-9-17(2)3/h5-8H,4,9-10H2,1-3H3,(H,20,21). The minimum absolute atomic E-state index is 0.333. The molecule has 112 valence electrons. The van der Waals surface area contributed by atoms with Gasteiger partial charge in [0.25, 0.3) is 5.78 Å². The first-order chi connectivity index (χ1) is 9.97. The quantitative estimate of drug-likeness (QED) is 0.652. The number of Topliss-reactive ketones (excluding diaryl/α,β-unsaturated/α-hetero) is 1. The normalized spacial score (nSPS) is 11.2. The van der Waals surface area contributed by atoms with Crippen molar-refractivity contribution >= 4 is 22.7 Å². The fourth-order valence-electron chi connectivity index (χ4n) is 2.64. The number of hydrogen-bond acceptors (Lipinski definition) is 3. The molecule has 0 aliphatic carbocycles. The van der Waals surface area contributed by atoms with E-state index in [-0.39, 0.29) is 0 Å². The SMILES string of the molecule is CCc1c(C(=O)C(=O)O)c2ccccc2n1CCN(C)C. The summed E-state index contributed by atoms with van der Waals surface area (Å²) in [5, 5.41) is 9.80. The van der Waals surface area contributed by atoms with Crippen LogP contribution in [0.1, 0.15) is 23.0 Å². The number of ketones is 1. The number of nitrogens with zero attached hydrogens (tertiary/aromatic N) is 2. The molecule has 0 amide bonds. The molecule has 0 atom stereocenters. The molecule has 0 bridgehead atoms. The highest BCUT2D eigenvalue weighted by Gasteiger charge is 2.25. The van der Waals surface area contributed by atoms with E-state index in [1.165, 1.54) is 0 Å². The van der Waals surface area contributed by atoms with Gasteiger partial charge >= 0.3 is 5.97 Å². The van der Waals surface area contributed by atoms with Crippen molar-refractivity contribution in [1.82, 2.24) is 9.47 Å². The summed E-state index contributed by atoms with van der Waals surface area (Å²) in [7, 11) is 3.97. The van der Waals surface area contributed by atoms with Crippen LogP contribution >= 0.6 is 0 Å². The molecule has 0 aliphatic heterocycles. The Balaban J connectivity index is 2.67. The lowest BCUT2D eigenvalue weighted by molar-refractivity contribution is -0.131. The summed E-state index contributed by atoms with van der Waals surface area (Å²) in [5.41, 5.74) is 2.05. The van der Waals surface area contributed by atoms with Crippen LogP contribution in [0.5, 0.6) is 0 Å². The summed E-state index contributed by atoms with van der Waals surface area (Å²) in [6.45, 7) is 3.50. The van der Waals surface area contributed by atoms with Crippen molar-refractivity contribution in [2.24, 2.45) is 0 Å². The lowest BCUT2D eigenvalue weighted by Crippen LogP contribution is -2.20. The van der Waals surface area contributed by atoms with Crippen LogP contribution in [0.3, 0.4) is 0 Å². The van der Waals surface area contributed by atoms with Crippen molar-refractivity contribution in [2.75, 3.05) is 20.6 Å². The summed E-state index contributed by atoms with van der Waals surface area (Å²) in [5.74, 6) is -2.23. The molecular formula is C16H20N2O3. The van der Waals surface area contributed by atoms with Gasteiger partial charge in [-0.1, -0.05) is 25.1 Å². The Kier molecular flexibility index (Phi) is 4.43. The van der Waals surface area contributed by atoms with Gasteiger partial charge in [-0.2, -0.15) is 0 Å². The lowest BCUT2D eigenvalue weighted by Gasteiger charge is -2.14. The van der Waals surface area contributed by atoms with Crippen LogP contribution in [0.15, 0.2) is 24.3 Å². The number of likely N-dealkylation sites (N-methyl/N-ethyl adjacent to an activating group) is 1. The molecule has 2 aromatic rings. The van der Waals surface area contributed by atoms with Crippen molar-refractivity contribution in [3.05, 3.63) is 35.5 Å². The number of carbonyl (C=O) groups excluding carboxylic acids is 1. The second kappa shape index (κ2) is 6.10. The van der Waals surface area contributed by atoms with E-state index in [2.05, 4.69) is 9.47 Å². The average Bonchev–Trinajstić information content (AvgIpc) is 2.77. The summed E-state index contributed by atoms with van der Waals surface area (Å²) in [4.78, 5) is 25.2. The molecule has 1 aromatic carbocycles. The van der Waals surface area contributed by atoms with Crippen molar-refractivity contribution in [2.45, 2.75) is 19.9 Å². The maximum Gasteiger partial charge on any atom is 0.377 e. The molecule has 0 fully saturated rings. The van der Waals surface area contributed by atoms with E-state index in [1.54, 1.807) is 0 Å². The Hall–Kier alpha value is -2.14. The van der Waals surface area contributed by atoms with Gasteiger partial charge in [0.05, 0.1) is 5.56 Å². The van der Waals surface area contributed by atoms with Crippen LogP contribution in [-0.4, -0.2) is 47.0 Å². The molecule has 0 unspecified atom stereocenters.